The Morgan fingerprint density at radius 3 is 2.61 bits per heavy atom. The molecule has 96 valence electrons. The van der Waals surface area contributed by atoms with Crippen molar-refractivity contribution in [1.82, 2.24) is 0 Å². The first-order chi connectivity index (χ1) is 8.28. The Hall–Kier alpha value is -1.48. The molecule has 1 aromatic heterocycles. The zero-order chi connectivity index (χ0) is 13.5. The Morgan fingerprint density at radius 1 is 1.33 bits per heavy atom. The highest BCUT2D eigenvalue weighted by Gasteiger charge is 2.24. The zero-order valence-corrected chi connectivity index (χ0v) is 11.6. The summed E-state index contributed by atoms with van der Waals surface area (Å²) < 4.78 is 10.8. The maximum Gasteiger partial charge on any atom is 0.375 e. The molecule has 0 fully saturated rings. The van der Waals surface area contributed by atoms with Crippen molar-refractivity contribution in [3.63, 3.8) is 0 Å². The normalized spacial score (nSPS) is 11.8. The average Bonchev–Trinajstić information content (AvgIpc) is 2.54. The van der Waals surface area contributed by atoms with Crippen LogP contribution in [0.25, 0.3) is 11.0 Å². The first kappa shape index (κ1) is 13.0. The van der Waals surface area contributed by atoms with Gasteiger partial charge in [0.1, 0.15) is 11.2 Å². The van der Waals surface area contributed by atoms with Crippen molar-refractivity contribution in [2.45, 2.75) is 33.3 Å². The Kier molecular flexibility index (Phi) is 3.11. The molecule has 18 heavy (non-hydrogen) atoms. The number of rotatable bonds is 1. The first-order valence-electron chi connectivity index (χ1n) is 5.70. The maximum absolute atomic E-state index is 12.0. The van der Waals surface area contributed by atoms with Crippen molar-refractivity contribution in [3.8, 4) is 0 Å². The van der Waals surface area contributed by atoms with E-state index in [2.05, 4.69) is 0 Å². The van der Waals surface area contributed by atoms with Gasteiger partial charge in [-0.1, -0.05) is 11.6 Å². The van der Waals surface area contributed by atoms with Gasteiger partial charge in [-0.3, -0.25) is 0 Å². The second kappa shape index (κ2) is 4.32. The van der Waals surface area contributed by atoms with Crippen LogP contribution in [0.5, 0.6) is 0 Å². The molecular formula is C14H15ClO3. The van der Waals surface area contributed by atoms with E-state index in [0.29, 0.717) is 10.6 Å². The van der Waals surface area contributed by atoms with Crippen LogP contribution < -0.4 is 0 Å². The highest BCUT2D eigenvalue weighted by Crippen LogP contribution is 2.29. The monoisotopic (exact) mass is 266 g/mol. The van der Waals surface area contributed by atoms with E-state index in [9.17, 15) is 4.79 Å². The molecule has 0 amide bonds. The lowest BCUT2D eigenvalue weighted by atomic mass is 10.1. The molecule has 1 heterocycles. The molecule has 0 N–H and O–H groups in total. The molecule has 0 aliphatic carbocycles. The molecule has 0 aliphatic rings. The standard InChI is InChI=1S/C14H15ClO3/c1-8-10-7-9(15)5-6-11(10)17-12(8)13(16)18-14(2,3)4/h5-7H,1-4H3. The fourth-order valence-electron chi connectivity index (χ4n) is 1.71. The summed E-state index contributed by atoms with van der Waals surface area (Å²) in [6.07, 6.45) is 0. The molecule has 2 rings (SSSR count). The van der Waals surface area contributed by atoms with Crippen LogP contribution in [0.1, 0.15) is 36.9 Å². The molecule has 0 saturated carbocycles. The van der Waals surface area contributed by atoms with Gasteiger partial charge in [-0.2, -0.15) is 0 Å². The third-order valence-corrected chi connectivity index (χ3v) is 2.72. The number of furan rings is 1. The van der Waals surface area contributed by atoms with Crippen molar-refractivity contribution < 1.29 is 13.9 Å². The predicted molar refractivity (Wildman–Crippen MR) is 71.1 cm³/mol. The van der Waals surface area contributed by atoms with Crippen molar-refractivity contribution in [3.05, 3.63) is 34.5 Å². The highest BCUT2D eigenvalue weighted by molar-refractivity contribution is 6.31. The summed E-state index contributed by atoms with van der Waals surface area (Å²) in [4.78, 5) is 12.0. The number of carbonyl (C=O) groups is 1. The van der Waals surface area contributed by atoms with Gasteiger partial charge in [-0.05, 0) is 45.9 Å². The summed E-state index contributed by atoms with van der Waals surface area (Å²) in [6.45, 7) is 7.28. The number of esters is 1. The summed E-state index contributed by atoms with van der Waals surface area (Å²) in [6, 6.07) is 5.26. The van der Waals surface area contributed by atoms with Crippen molar-refractivity contribution in [2.75, 3.05) is 0 Å². The molecule has 1 aromatic carbocycles. The van der Waals surface area contributed by atoms with E-state index in [1.807, 2.05) is 27.7 Å². The van der Waals surface area contributed by atoms with E-state index >= 15 is 0 Å². The van der Waals surface area contributed by atoms with Gasteiger partial charge in [-0.25, -0.2) is 4.79 Å². The number of halogens is 1. The molecule has 0 aliphatic heterocycles. The molecule has 2 aromatic rings. The molecule has 3 nitrogen and oxygen atoms in total. The third-order valence-electron chi connectivity index (χ3n) is 2.48. The van der Waals surface area contributed by atoms with Crippen molar-refractivity contribution in [2.24, 2.45) is 0 Å². The van der Waals surface area contributed by atoms with Gasteiger partial charge in [0.25, 0.3) is 0 Å². The molecule has 0 spiro atoms. The largest absolute Gasteiger partial charge is 0.454 e. The number of ether oxygens (including phenoxy) is 1. The van der Waals surface area contributed by atoms with Gasteiger partial charge < -0.3 is 9.15 Å². The van der Waals surface area contributed by atoms with Gasteiger partial charge >= 0.3 is 5.97 Å². The van der Waals surface area contributed by atoms with E-state index < -0.39 is 11.6 Å². The van der Waals surface area contributed by atoms with Crippen LogP contribution in [0.2, 0.25) is 5.02 Å². The van der Waals surface area contributed by atoms with Crippen LogP contribution in [0.3, 0.4) is 0 Å². The van der Waals surface area contributed by atoms with Crippen LogP contribution in [0.15, 0.2) is 22.6 Å². The summed E-state index contributed by atoms with van der Waals surface area (Å²) in [5, 5.41) is 1.45. The Labute approximate surface area is 111 Å². The minimum Gasteiger partial charge on any atom is -0.454 e. The fraction of sp³-hybridized carbons (Fsp3) is 0.357. The van der Waals surface area contributed by atoms with Gasteiger partial charge in [0.15, 0.2) is 0 Å². The third kappa shape index (κ3) is 2.51. The Morgan fingerprint density at radius 2 is 2.00 bits per heavy atom. The highest BCUT2D eigenvalue weighted by atomic mass is 35.5. The van der Waals surface area contributed by atoms with Crippen LogP contribution in [-0.4, -0.2) is 11.6 Å². The number of fused-ring (bicyclic) bond motifs is 1. The van der Waals surface area contributed by atoms with E-state index in [0.717, 1.165) is 10.9 Å². The summed E-state index contributed by atoms with van der Waals surface area (Å²) >= 11 is 5.93. The summed E-state index contributed by atoms with van der Waals surface area (Å²) in [5.74, 6) is -0.213. The average molecular weight is 267 g/mol. The van der Waals surface area contributed by atoms with Crippen LogP contribution >= 0.6 is 11.6 Å². The Balaban J connectivity index is 2.46. The predicted octanol–water partition coefficient (Wildman–Crippen LogP) is 4.35. The molecule has 0 bridgehead atoms. The number of hydrogen-bond donors (Lipinski definition) is 0. The molecule has 0 atom stereocenters. The minimum atomic E-state index is -0.542. The van der Waals surface area contributed by atoms with Crippen molar-refractivity contribution >= 4 is 28.5 Å². The first-order valence-corrected chi connectivity index (χ1v) is 6.08. The van der Waals surface area contributed by atoms with Crippen LogP contribution in [0.4, 0.5) is 0 Å². The lowest BCUT2D eigenvalue weighted by Gasteiger charge is -2.18. The SMILES string of the molecule is Cc1c(C(=O)OC(C)(C)C)oc2ccc(Cl)cc12. The van der Waals surface area contributed by atoms with E-state index in [1.54, 1.807) is 18.2 Å². The number of aryl methyl sites for hydroxylation is 1. The van der Waals surface area contributed by atoms with E-state index in [4.69, 9.17) is 20.8 Å². The molecular weight excluding hydrogens is 252 g/mol. The fourth-order valence-corrected chi connectivity index (χ4v) is 1.88. The van der Waals surface area contributed by atoms with Gasteiger partial charge in [0.05, 0.1) is 0 Å². The maximum atomic E-state index is 12.0. The quantitative estimate of drug-likeness (QED) is 0.721. The zero-order valence-electron chi connectivity index (χ0n) is 10.8. The lowest BCUT2D eigenvalue weighted by Crippen LogP contribution is -2.23. The number of benzene rings is 1. The molecule has 0 saturated heterocycles. The van der Waals surface area contributed by atoms with Gasteiger partial charge in [0, 0.05) is 16.0 Å². The molecule has 4 heteroatoms. The number of carbonyl (C=O) groups excluding carboxylic acids is 1. The summed E-state index contributed by atoms with van der Waals surface area (Å²) in [7, 11) is 0. The molecule has 0 unspecified atom stereocenters. The topological polar surface area (TPSA) is 39.4 Å². The van der Waals surface area contributed by atoms with Gasteiger partial charge in [0.2, 0.25) is 5.76 Å². The van der Waals surface area contributed by atoms with Gasteiger partial charge in [-0.15, -0.1) is 0 Å². The smallest absolute Gasteiger partial charge is 0.375 e. The summed E-state index contributed by atoms with van der Waals surface area (Å²) in [5.41, 5.74) is 0.847. The van der Waals surface area contributed by atoms with E-state index in [1.165, 1.54) is 0 Å². The van der Waals surface area contributed by atoms with Crippen LogP contribution in [-0.2, 0) is 4.74 Å². The lowest BCUT2D eigenvalue weighted by molar-refractivity contribution is 0.00372. The van der Waals surface area contributed by atoms with E-state index in [-0.39, 0.29) is 5.76 Å². The molecule has 0 radical (unpaired) electrons. The minimum absolute atomic E-state index is 0.238. The Bertz CT molecular complexity index is 605. The second-order valence-electron chi connectivity index (χ2n) is 5.20. The second-order valence-corrected chi connectivity index (χ2v) is 5.63. The number of hydrogen-bond acceptors (Lipinski definition) is 3. The van der Waals surface area contributed by atoms with Crippen LogP contribution in [0, 0.1) is 6.92 Å². The van der Waals surface area contributed by atoms with Crippen molar-refractivity contribution in [1.29, 1.82) is 0 Å².